The molecular formula is C21H24N4O4. The summed E-state index contributed by atoms with van der Waals surface area (Å²) < 4.78 is 5.73. The van der Waals surface area contributed by atoms with Crippen LogP contribution in [-0.2, 0) is 9.59 Å². The molecule has 1 aromatic carbocycles. The average Bonchev–Trinajstić information content (AvgIpc) is 3.25. The molecule has 0 spiro atoms. The molecule has 4 amide bonds. The molecule has 0 bridgehead atoms. The lowest BCUT2D eigenvalue weighted by atomic mass is 10.2. The summed E-state index contributed by atoms with van der Waals surface area (Å²) in [6.45, 7) is 7.18. The highest BCUT2D eigenvalue weighted by molar-refractivity contribution is 6.15. The molecule has 1 aliphatic heterocycles. The molecular weight excluding hydrogens is 372 g/mol. The van der Waals surface area contributed by atoms with Crippen LogP contribution in [0.2, 0.25) is 0 Å². The maximum Gasteiger partial charge on any atom is 0.329 e. The minimum atomic E-state index is -0.643. The molecule has 8 nitrogen and oxygen atoms in total. The maximum absolute atomic E-state index is 12.5. The molecule has 0 aliphatic carbocycles. The van der Waals surface area contributed by atoms with Crippen LogP contribution in [0.5, 0.6) is 0 Å². The van der Waals surface area contributed by atoms with Crippen LogP contribution in [0.15, 0.2) is 46.5 Å². The fourth-order valence-corrected chi connectivity index (χ4v) is 2.96. The van der Waals surface area contributed by atoms with Crippen LogP contribution in [0.25, 0.3) is 6.08 Å². The van der Waals surface area contributed by atoms with Crippen molar-refractivity contribution in [1.82, 2.24) is 10.2 Å². The zero-order valence-electron chi connectivity index (χ0n) is 16.7. The first-order valence-electron chi connectivity index (χ1n) is 9.47. The van der Waals surface area contributed by atoms with Gasteiger partial charge in [0.1, 0.15) is 18.0 Å². The normalized spacial score (nSPS) is 15.0. The molecule has 3 rings (SSSR count). The summed E-state index contributed by atoms with van der Waals surface area (Å²) in [5.41, 5.74) is 1.73. The smallest absolute Gasteiger partial charge is 0.329 e. The molecule has 2 aromatic rings. The summed E-state index contributed by atoms with van der Waals surface area (Å²) in [7, 11) is 0. The lowest BCUT2D eigenvalue weighted by Gasteiger charge is -2.16. The van der Waals surface area contributed by atoms with E-state index in [1.807, 2.05) is 43.9 Å². The van der Waals surface area contributed by atoms with Crippen molar-refractivity contribution in [3.05, 3.63) is 53.4 Å². The summed E-state index contributed by atoms with van der Waals surface area (Å²) in [6, 6.07) is 10.1. The SMILES string of the molecule is CCN(CC)c1ccc(/C=C2/NC(=O)N(CC(=O)Nc3ccc(C)cc3)C2=O)o1. The van der Waals surface area contributed by atoms with Crippen molar-refractivity contribution < 1.29 is 18.8 Å². The Labute approximate surface area is 169 Å². The first-order chi connectivity index (χ1) is 13.9. The number of carbonyl (C=O) groups excluding carboxylic acids is 3. The van der Waals surface area contributed by atoms with Crippen molar-refractivity contribution in [1.29, 1.82) is 0 Å². The van der Waals surface area contributed by atoms with Crippen LogP contribution < -0.4 is 15.5 Å². The Morgan fingerprint density at radius 3 is 2.48 bits per heavy atom. The summed E-state index contributed by atoms with van der Waals surface area (Å²) >= 11 is 0. The van der Waals surface area contributed by atoms with Gasteiger partial charge in [-0.3, -0.25) is 9.59 Å². The van der Waals surface area contributed by atoms with Crippen molar-refractivity contribution in [3.63, 3.8) is 0 Å². The molecule has 0 atom stereocenters. The average molecular weight is 396 g/mol. The molecule has 1 saturated heterocycles. The number of nitrogens with one attached hydrogen (secondary N) is 2. The molecule has 1 fully saturated rings. The number of hydrogen-bond donors (Lipinski definition) is 2. The first-order valence-corrected chi connectivity index (χ1v) is 9.47. The topological polar surface area (TPSA) is 94.9 Å². The predicted molar refractivity (Wildman–Crippen MR) is 110 cm³/mol. The van der Waals surface area contributed by atoms with Crippen LogP contribution in [0.3, 0.4) is 0 Å². The van der Waals surface area contributed by atoms with Gasteiger partial charge in [0, 0.05) is 30.9 Å². The molecule has 29 heavy (non-hydrogen) atoms. The van der Waals surface area contributed by atoms with Gasteiger partial charge >= 0.3 is 6.03 Å². The fraction of sp³-hybridized carbons (Fsp3) is 0.286. The minimum absolute atomic E-state index is 0.0681. The number of carbonyl (C=O) groups is 3. The number of amides is 4. The van der Waals surface area contributed by atoms with Crippen LogP contribution in [-0.4, -0.2) is 42.4 Å². The van der Waals surface area contributed by atoms with E-state index in [1.165, 1.54) is 6.08 Å². The largest absolute Gasteiger partial charge is 0.441 e. The quantitative estimate of drug-likeness (QED) is 0.554. The van der Waals surface area contributed by atoms with E-state index < -0.39 is 17.8 Å². The third kappa shape index (κ3) is 4.66. The van der Waals surface area contributed by atoms with Crippen LogP contribution in [0, 0.1) is 6.92 Å². The second-order valence-electron chi connectivity index (χ2n) is 6.64. The second kappa shape index (κ2) is 8.64. The van der Waals surface area contributed by atoms with Gasteiger partial charge in [0.25, 0.3) is 5.91 Å². The second-order valence-corrected chi connectivity index (χ2v) is 6.64. The first kappa shape index (κ1) is 20.2. The van der Waals surface area contributed by atoms with Gasteiger partial charge in [0.15, 0.2) is 5.88 Å². The maximum atomic E-state index is 12.5. The summed E-state index contributed by atoms with van der Waals surface area (Å²) in [4.78, 5) is 39.8. The molecule has 1 aliphatic rings. The van der Waals surface area contributed by atoms with E-state index in [0.717, 1.165) is 23.6 Å². The molecule has 152 valence electrons. The van der Waals surface area contributed by atoms with Gasteiger partial charge in [-0.2, -0.15) is 0 Å². The van der Waals surface area contributed by atoms with Crippen molar-refractivity contribution >= 4 is 35.5 Å². The van der Waals surface area contributed by atoms with Crippen LogP contribution >= 0.6 is 0 Å². The standard InChI is InChI=1S/C21H24N4O4/c1-4-24(5-2)19-11-10-16(29-19)12-17-20(27)25(21(28)23-17)13-18(26)22-15-8-6-14(3)7-9-15/h6-12H,4-5,13H2,1-3H3,(H,22,26)(H,23,28)/b17-12+. The Hall–Kier alpha value is -3.55. The summed E-state index contributed by atoms with van der Waals surface area (Å²) in [6.07, 6.45) is 1.46. The van der Waals surface area contributed by atoms with E-state index in [4.69, 9.17) is 4.42 Å². The van der Waals surface area contributed by atoms with Gasteiger partial charge in [0.2, 0.25) is 5.91 Å². The van der Waals surface area contributed by atoms with Gasteiger partial charge in [-0.25, -0.2) is 9.69 Å². The number of aryl methyl sites for hydroxylation is 1. The monoisotopic (exact) mass is 396 g/mol. The van der Waals surface area contributed by atoms with Gasteiger partial charge < -0.3 is 20.0 Å². The summed E-state index contributed by atoms with van der Waals surface area (Å²) in [5, 5.41) is 5.16. The highest BCUT2D eigenvalue weighted by atomic mass is 16.4. The minimum Gasteiger partial charge on any atom is -0.441 e. The van der Waals surface area contributed by atoms with E-state index in [2.05, 4.69) is 10.6 Å². The third-order valence-electron chi connectivity index (χ3n) is 4.57. The summed E-state index contributed by atoms with van der Waals surface area (Å²) in [5.74, 6) is 0.102. The number of hydrogen-bond acceptors (Lipinski definition) is 5. The molecule has 0 unspecified atom stereocenters. The number of anilines is 2. The zero-order valence-corrected chi connectivity index (χ0v) is 16.7. The van der Waals surface area contributed by atoms with Crippen molar-refractivity contribution in [2.24, 2.45) is 0 Å². The van der Waals surface area contributed by atoms with Gasteiger partial charge in [-0.15, -0.1) is 0 Å². The molecule has 0 saturated carbocycles. The molecule has 2 N–H and O–H groups in total. The molecule has 1 aromatic heterocycles. The Bertz CT molecular complexity index is 942. The van der Waals surface area contributed by atoms with E-state index >= 15 is 0 Å². The highest BCUT2D eigenvalue weighted by Gasteiger charge is 2.35. The van der Waals surface area contributed by atoms with E-state index in [0.29, 0.717) is 17.3 Å². The number of imide groups is 1. The Morgan fingerprint density at radius 2 is 1.83 bits per heavy atom. The zero-order chi connectivity index (χ0) is 21.0. The van der Waals surface area contributed by atoms with E-state index in [9.17, 15) is 14.4 Å². The van der Waals surface area contributed by atoms with Crippen molar-refractivity contribution in [2.45, 2.75) is 20.8 Å². The van der Waals surface area contributed by atoms with Crippen molar-refractivity contribution in [2.75, 3.05) is 29.9 Å². The molecule has 8 heteroatoms. The van der Waals surface area contributed by atoms with Crippen LogP contribution in [0.4, 0.5) is 16.4 Å². The lowest BCUT2D eigenvalue weighted by molar-refractivity contribution is -0.127. The Balaban J connectivity index is 1.66. The van der Waals surface area contributed by atoms with Gasteiger partial charge in [-0.05, 0) is 39.0 Å². The molecule has 2 heterocycles. The van der Waals surface area contributed by atoms with E-state index in [1.54, 1.807) is 18.2 Å². The van der Waals surface area contributed by atoms with Crippen molar-refractivity contribution in [3.8, 4) is 0 Å². The number of benzene rings is 1. The van der Waals surface area contributed by atoms with Gasteiger partial charge in [-0.1, -0.05) is 17.7 Å². The third-order valence-corrected chi connectivity index (χ3v) is 4.57. The van der Waals surface area contributed by atoms with Gasteiger partial charge in [0.05, 0.1) is 0 Å². The Morgan fingerprint density at radius 1 is 1.14 bits per heavy atom. The number of rotatable bonds is 7. The molecule has 0 radical (unpaired) electrons. The number of urea groups is 1. The predicted octanol–water partition coefficient (Wildman–Crippen LogP) is 2.97. The lowest BCUT2D eigenvalue weighted by Crippen LogP contribution is -2.38. The Kier molecular flexibility index (Phi) is 6.01. The highest BCUT2D eigenvalue weighted by Crippen LogP contribution is 2.21. The van der Waals surface area contributed by atoms with E-state index in [-0.39, 0.29) is 12.2 Å². The fourth-order valence-electron chi connectivity index (χ4n) is 2.96. The van der Waals surface area contributed by atoms with Crippen LogP contribution in [0.1, 0.15) is 25.2 Å². The number of nitrogens with zero attached hydrogens (tertiary/aromatic N) is 2. The number of furan rings is 1.